The van der Waals surface area contributed by atoms with Crippen molar-refractivity contribution in [2.75, 3.05) is 13.7 Å². The van der Waals surface area contributed by atoms with Crippen LogP contribution in [0.15, 0.2) is 42.5 Å². The lowest BCUT2D eigenvalue weighted by Gasteiger charge is -2.32. The third kappa shape index (κ3) is 5.80. The molecule has 1 fully saturated rings. The van der Waals surface area contributed by atoms with E-state index in [1.54, 1.807) is 0 Å². The third-order valence-electron chi connectivity index (χ3n) is 4.54. The maximum Gasteiger partial charge on any atom is 0.0854 e. The number of aliphatic hydroxyl groups excluding tert-OH is 3. The number of rotatable bonds is 4. The van der Waals surface area contributed by atoms with Crippen molar-refractivity contribution in [2.24, 2.45) is 0 Å². The monoisotopic (exact) mass is 388 g/mol. The minimum Gasteiger partial charge on any atom is -0.400 e. The summed E-state index contributed by atoms with van der Waals surface area (Å²) < 4.78 is 5.89. The third-order valence-corrected chi connectivity index (χ3v) is 4.91. The number of terminal acetylenes is 1. The number of halogens is 1. The van der Waals surface area contributed by atoms with Crippen molar-refractivity contribution in [1.29, 1.82) is 0 Å². The largest absolute Gasteiger partial charge is 0.400 e. The van der Waals surface area contributed by atoms with Gasteiger partial charge < -0.3 is 20.1 Å². The highest BCUT2D eigenvalue weighted by Gasteiger charge is 2.29. The minimum atomic E-state index is -0.466. The summed E-state index contributed by atoms with van der Waals surface area (Å²) in [6.07, 6.45) is 6.04. The zero-order valence-electron chi connectivity index (χ0n) is 15.3. The molecule has 1 aliphatic rings. The van der Waals surface area contributed by atoms with Gasteiger partial charge in [-0.15, -0.1) is 6.42 Å². The molecule has 3 rings (SSSR count). The van der Waals surface area contributed by atoms with E-state index in [2.05, 4.69) is 5.92 Å². The molecule has 3 unspecified atom stereocenters. The molecule has 1 aliphatic heterocycles. The first-order chi connectivity index (χ1) is 13.1. The Kier molecular flexibility index (Phi) is 8.30. The first kappa shape index (κ1) is 21.4. The molecule has 2 aromatic carbocycles. The summed E-state index contributed by atoms with van der Waals surface area (Å²) in [6, 6.07) is 13.6. The van der Waals surface area contributed by atoms with Crippen molar-refractivity contribution >= 4 is 11.6 Å². The zero-order valence-corrected chi connectivity index (χ0v) is 16.1. The van der Waals surface area contributed by atoms with Crippen LogP contribution in [-0.4, -0.2) is 41.2 Å². The van der Waals surface area contributed by atoms with Gasteiger partial charge in [-0.1, -0.05) is 41.8 Å². The summed E-state index contributed by atoms with van der Waals surface area (Å²) in [5, 5.41) is 27.1. The molecule has 0 radical (unpaired) electrons. The second kappa shape index (κ2) is 10.5. The Morgan fingerprint density at radius 1 is 1.15 bits per heavy atom. The molecule has 0 aromatic heterocycles. The van der Waals surface area contributed by atoms with Crippen molar-refractivity contribution in [3.63, 3.8) is 0 Å². The van der Waals surface area contributed by atoms with Crippen molar-refractivity contribution in [3.05, 3.63) is 69.7 Å². The molecule has 2 aromatic rings. The van der Waals surface area contributed by atoms with Crippen LogP contribution in [-0.2, 0) is 11.2 Å². The Balaban J connectivity index is 0.00000126. The van der Waals surface area contributed by atoms with Crippen LogP contribution in [0.3, 0.4) is 0 Å². The fraction of sp³-hybridized carbons (Fsp3) is 0.364. The number of aliphatic hydroxyl groups is 3. The van der Waals surface area contributed by atoms with Crippen LogP contribution in [0.25, 0.3) is 0 Å². The Morgan fingerprint density at radius 2 is 1.85 bits per heavy atom. The topological polar surface area (TPSA) is 69.9 Å². The molecule has 0 spiro atoms. The van der Waals surface area contributed by atoms with Gasteiger partial charge in [-0.05, 0) is 41.3 Å². The maximum atomic E-state index is 10.0. The second-order valence-corrected chi connectivity index (χ2v) is 6.83. The maximum absolute atomic E-state index is 10.0. The van der Waals surface area contributed by atoms with Gasteiger partial charge in [-0.3, -0.25) is 0 Å². The highest BCUT2D eigenvalue weighted by atomic mass is 35.5. The van der Waals surface area contributed by atoms with E-state index in [-0.39, 0.29) is 18.8 Å². The van der Waals surface area contributed by atoms with Gasteiger partial charge >= 0.3 is 0 Å². The molecule has 1 saturated heterocycles. The molecule has 0 amide bonds. The van der Waals surface area contributed by atoms with E-state index in [0.717, 1.165) is 29.4 Å². The molecule has 4 nitrogen and oxygen atoms in total. The summed E-state index contributed by atoms with van der Waals surface area (Å²) in [5.74, 6) is 2.61. The van der Waals surface area contributed by atoms with Gasteiger partial charge in [-0.25, -0.2) is 0 Å². The van der Waals surface area contributed by atoms with Crippen LogP contribution < -0.4 is 0 Å². The van der Waals surface area contributed by atoms with Gasteiger partial charge in [0.15, 0.2) is 0 Å². The molecule has 0 bridgehead atoms. The predicted octanol–water partition coefficient (Wildman–Crippen LogP) is 3.09. The first-order valence-electron chi connectivity index (χ1n) is 8.82. The van der Waals surface area contributed by atoms with E-state index < -0.39 is 6.10 Å². The van der Waals surface area contributed by atoms with Crippen LogP contribution >= 0.6 is 11.6 Å². The van der Waals surface area contributed by atoms with E-state index in [0.29, 0.717) is 24.3 Å². The Hall–Kier alpha value is -1.87. The summed E-state index contributed by atoms with van der Waals surface area (Å²) in [5.41, 5.74) is 3.94. The molecule has 3 N–H and O–H groups in total. The molecule has 144 valence electrons. The van der Waals surface area contributed by atoms with Crippen LogP contribution in [0.5, 0.6) is 0 Å². The normalized spacial score (nSPS) is 21.7. The van der Waals surface area contributed by atoms with Gasteiger partial charge in [0.2, 0.25) is 0 Å². The lowest BCUT2D eigenvalue weighted by atomic mass is 9.94. The summed E-state index contributed by atoms with van der Waals surface area (Å²) in [6.45, 7) is -0.0878. The molecular formula is C22H25ClO4. The van der Waals surface area contributed by atoms with Crippen LogP contribution in [0, 0.1) is 12.3 Å². The van der Waals surface area contributed by atoms with Crippen LogP contribution in [0.1, 0.15) is 41.2 Å². The highest BCUT2D eigenvalue weighted by molar-refractivity contribution is 6.31. The highest BCUT2D eigenvalue weighted by Crippen LogP contribution is 2.33. The summed E-state index contributed by atoms with van der Waals surface area (Å²) >= 11 is 6.37. The Labute approximate surface area is 165 Å². The smallest absolute Gasteiger partial charge is 0.0854 e. The van der Waals surface area contributed by atoms with Gasteiger partial charge in [0.1, 0.15) is 0 Å². The molecule has 0 aliphatic carbocycles. The quantitative estimate of drug-likeness (QED) is 0.704. The van der Waals surface area contributed by atoms with Gasteiger partial charge in [-0.2, -0.15) is 0 Å². The van der Waals surface area contributed by atoms with Crippen molar-refractivity contribution in [2.45, 2.75) is 37.6 Å². The zero-order chi connectivity index (χ0) is 19.8. The molecule has 1 heterocycles. The minimum absolute atomic E-state index is 0.0878. The van der Waals surface area contributed by atoms with Gasteiger partial charge in [0.25, 0.3) is 0 Å². The number of ether oxygens (including phenoxy) is 1. The Morgan fingerprint density at radius 3 is 2.48 bits per heavy atom. The molecule has 3 atom stereocenters. The number of benzene rings is 2. The van der Waals surface area contributed by atoms with E-state index in [9.17, 15) is 10.2 Å². The van der Waals surface area contributed by atoms with Crippen molar-refractivity contribution in [3.8, 4) is 12.3 Å². The number of hydrogen-bond acceptors (Lipinski definition) is 4. The number of hydrogen-bond donors (Lipinski definition) is 3. The SMILES string of the molecule is C#Cc1ccc(Cc2cc(C3CC(O)CC(CO)O3)ccc2Cl)cc1.CO. The lowest BCUT2D eigenvalue weighted by Crippen LogP contribution is -2.33. The lowest BCUT2D eigenvalue weighted by molar-refractivity contribution is -0.113. The second-order valence-electron chi connectivity index (χ2n) is 6.42. The molecule has 27 heavy (non-hydrogen) atoms. The molecule has 5 heteroatoms. The van der Waals surface area contributed by atoms with Crippen molar-refractivity contribution in [1.82, 2.24) is 0 Å². The van der Waals surface area contributed by atoms with E-state index in [1.807, 2.05) is 42.5 Å². The van der Waals surface area contributed by atoms with Crippen molar-refractivity contribution < 1.29 is 20.1 Å². The van der Waals surface area contributed by atoms with E-state index >= 15 is 0 Å². The summed E-state index contributed by atoms with van der Waals surface area (Å²) in [4.78, 5) is 0. The average Bonchev–Trinajstić information content (AvgIpc) is 2.71. The molecular weight excluding hydrogens is 364 g/mol. The molecule has 0 saturated carbocycles. The van der Waals surface area contributed by atoms with Crippen LogP contribution in [0.2, 0.25) is 5.02 Å². The van der Waals surface area contributed by atoms with E-state index in [4.69, 9.17) is 27.9 Å². The van der Waals surface area contributed by atoms with Gasteiger partial charge in [0, 0.05) is 30.5 Å². The predicted molar refractivity (Wildman–Crippen MR) is 107 cm³/mol. The fourth-order valence-corrected chi connectivity index (χ4v) is 3.38. The van der Waals surface area contributed by atoms with Crippen LogP contribution in [0.4, 0.5) is 0 Å². The standard InChI is InChI=1S/C21H21ClO3.CH4O/c1-2-14-3-5-15(6-4-14)9-17-10-16(7-8-20(17)22)21-12-18(24)11-19(13-23)25-21;1-2/h1,3-8,10,18-19,21,23-24H,9,11-13H2;2H,1H3. The Bertz CT molecular complexity index is 767. The fourth-order valence-electron chi connectivity index (χ4n) is 3.19. The first-order valence-corrected chi connectivity index (χ1v) is 9.20. The van der Waals surface area contributed by atoms with E-state index in [1.165, 1.54) is 0 Å². The van der Waals surface area contributed by atoms with Gasteiger partial charge in [0.05, 0.1) is 24.9 Å². The summed E-state index contributed by atoms with van der Waals surface area (Å²) in [7, 11) is 1.00. The average molecular weight is 389 g/mol.